The van der Waals surface area contributed by atoms with Gasteiger partial charge in [0.05, 0.1) is 23.7 Å². The third kappa shape index (κ3) is 9.27. The SMILES string of the molecule is Cc1cc(C)c(-c2cc(C)c(F)c([C@H](CC(=O)O)NC(=O)[C@H](SCC(C)C)n3nc(CCN4CC(F)C4)c(C(F)(F)F)cc3=O)c2)c(C)c1. The number of hydrogen-bond acceptors (Lipinski definition) is 6. The molecule has 0 aliphatic carbocycles. The predicted molar refractivity (Wildman–Crippen MR) is 179 cm³/mol. The summed E-state index contributed by atoms with van der Waals surface area (Å²) in [5, 5.41) is 14.9. The first-order valence-electron chi connectivity index (χ1n) is 15.9. The molecule has 2 atom stereocenters. The summed E-state index contributed by atoms with van der Waals surface area (Å²) >= 11 is 0.942. The van der Waals surface area contributed by atoms with Crippen LogP contribution in [0.1, 0.15) is 70.8 Å². The molecule has 2 heterocycles. The number of nitrogens with one attached hydrogen (secondary N) is 1. The van der Waals surface area contributed by atoms with E-state index in [2.05, 4.69) is 10.4 Å². The molecule has 1 amide bonds. The second kappa shape index (κ2) is 15.4. The van der Waals surface area contributed by atoms with E-state index in [9.17, 15) is 37.1 Å². The smallest absolute Gasteiger partial charge is 0.418 e. The summed E-state index contributed by atoms with van der Waals surface area (Å²) in [5.41, 5.74) is 1.51. The van der Waals surface area contributed by atoms with Gasteiger partial charge in [-0.2, -0.15) is 18.3 Å². The Balaban J connectivity index is 1.77. The minimum absolute atomic E-state index is 0.0161. The minimum Gasteiger partial charge on any atom is -0.481 e. The molecule has 0 bridgehead atoms. The topological polar surface area (TPSA) is 105 Å². The van der Waals surface area contributed by atoms with Crippen LogP contribution in [-0.4, -0.2) is 63.2 Å². The summed E-state index contributed by atoms with van der Waals surface area (Å²) in [4.78, 5) is 40.8. The number of carbonyl (C=O) groups is 2. The van der Waals surface area contributed by atoms with Crippen molar-refractivity contribution in [3.63, 3.8) is 0 Å². The van der Waals surface area contributed by atoms with Gasteiger partial charge in [0.15, 0.2) is 5.37 Å². The van der Waals surface area contributed by atoms with E-state index in [0.29, 0.717) is 16.3 Å². The first kappa shape index (κ1) is 38.0. The van der Waals surface area contributed by atoms with Crippen LogP contribution < -0.4 is 10.9 Å². The molecule has 1 saturated heterocycles. The Hall–Kier alpha value is -3.78. The van der Waals surface area contributed by atoms with Crippen molar-refractivity contribution in [3.8, 4) is 11.1 Å². The molecule has 0 unspecified atom stereocenters. The van der Waals surface area contributed by atoms with Crippen molar-refractivity contribution < 1.29 is 36.6 Å². The molecule has 0 spiro atoms. The van der Waals surface area contributed by atoms with Crippen LogP contribution in [-0.2, 0) is 22.2 Å². The van der Waals surface area contributed by atoms with Gasteiger partial charge >= 0.3 is 12.1 Å². The largest absolute Gasteiger partial charge is 0.481 e. The maximum atomic E-state index is 15.8. The summed E-state index contributed by atoms with van der Waals surface area (Å²) in [6.45, 7) is 11.2. The highest BCUT2D eigenvalue weighted by Crippen LogP contribution is 2.35. The van der Waals surface area contributed by atoms with Crippen LogP contribution in [0.4, 0.5) is 22.0 Å². The van der Waals surface area contributed by atoms with Crippen molar-refractivity contribution in [3.05, 3.63) is 85.6 Å². The van der Waals surface area contributed by atoms with Crippen LogP contribution in [0.25, 0.3) is 11.1 Å². The van der Waals surface area contributed by atoms with E-state index in [0.717, 1.165) is 34.0 Å². The number of aromatic nitrogens is 2. The fraction of sp³-hybridized carbons (Fsp3) is 0.486. The zero-order chi connectivity index (χ0) is 36.4. The second-order valence-electron chi connectivity index (χ2n) is 13.1. The van der Waals surface area contributed by atoms with Crippen LogP contribution in [0.2, 0.25) is 0 Å². The molecule has 2 N–H and O–H groups in total. The second-order valence-corrected chi connectivity index (χ2v) is 14.2. The number of carbonyl (C=O) groups excluding carboxylic acids is 1. The van der Waals surface area contributed by atoms with Crippen LogP contribution in [0.3, 0.4) is 0 Å². The van der Waals surface area contributed by atoms with Gasteiger partial charge in [-0.15, -0.1) is 11.8 Å². The number of likely N-dealkylation sites (tertiary alicyclic amines) is 1. The molecule has 1 aliphatic rings. The van der Waals surface area contributed by atoms with Gasteiger partial charge in [0.2, 0.25) is 0 Å². The maximum absolute atomic E-state index is 15.8. The van der Waals surface area contributed by atoms with Gasteiger partial charge in [0.25, 0.3) is 11.5 Å². The number of nitrogens with zero attached hydrogens (tertiary/aromatic N) is 3. The number of carboxylic acids is 1. The lowest BCUT2D eigenvalue weighted by Crippen LogP contribution is -2.49. The van der Waals surface area contributed by atoms with E-state index in [1.54, 1.807) is 11.0 Å². The molecule has 0 radical (unpaired) electrons. The number of amides is 1. The van der Waals surface area contributed by atoms with E-state index in [4.69, 9.17) is 0 Å². The van der Waals surface area contributed by atoms with Gasteiger partial charge in [0.1, 0.15) is 12.0 Å². The van der Waals surface area contributed by atoms with E-state index < -0.39 is 64.7 Å². The quantitative estimate of drug-likeness (QED) is 0.190. The number of aryl methyl sites for hydroxylation is 4. The predicted octanol–water partition coefficient (Wildman–Crippen LogP) is 6.72. The molecule has 1 aliphatic heterocycles. The molecule has 8 nitrogen and oxygen atoms in total. The first-order valence-corrected chi connectivity index (χ1v) is 17.0. The number of thioether (sulfide) groups is 1. The molecule has 1 fully saturated rings. The molecular formula is C35H41F5N4O4S. The number of aliphatic carboxylic acids is 1. The molecule has 1 aromatic heterocycles. The summed E-state index contributed by atoms with van der Waals surface area (Å²) < 4.78 is 71.8. The summed E-state index contributed by atoms with van der Waals surface area (Å²) in [6, 6.07) is 6.07. The van der Waals surface area contributed by atoms with Crippen LogP contribution >= 0.6 is 11.8 Å². The molecule has 0 saturated carbocycles. The number of rotatable bonds is 13. The maximum Gasteiger partial charge on any atom is 0.418 e. The molecule has 2 aromatic carbocycles. The van der Waals surface area contributed by atoms with E-state index >= 15 is 4.39 Å². The number of alkyl halides is 4. The highest BCUT2D eigenvalue weighted by Gasteiger charge is 2.38. The minimum atomic E-state index is -4.91. The highest BCUT2D eigenvalue weighted by molar-refractivity contribution is 8.00. The molecular weight excluding hydrogens is 667 g/mol. The standard InChI is InChI=1S/C35H41F5N4O4S/c1-18(2)17-49-34(44-29(45)13-26(35(38,39)40)27(42-44)7-8-43-15-24(36)16-43)33(48)41-28(14-30(46)47)25-12-23(11-22(6)32(25)37)31-20(4)9-19(3)10-21(31)5/h9-13,18,24,28,34H,7-8,14-17H2,1-6H3,(H,41,48)(H,46,47)/t28-,34-/m0/s1. The number of halogens is 5. The number of hydrogen-bond donors (Lipinski definition) is 2. The Morgan fingerprint density at radius 2 is 1.67 bits per heavy atom. The van der Waals surface area contributed by atoms with Gasteiger partial charge < -0.3 is 10.4 Å². The average molecular weight is 709 g/mol. The van der Waals surface area contributed by atoms with Gasteiger partial charge in [0, 0.05) is 37.7 Å². The Labute approximate surface area is 286 Å². The summed E-state index contributed by atoms with van der Waals surface area (Å²) in [5.74, 6) is -2.72. The van der Waals surface area contributed by atoms with Crippen molar-refractivity contribution >= 4 is 23.6 Å². The van der Waals surface area contributed by atoms with Crippen molar-refractivity contribution in [2.24, 2.45) is 5.92 Å². The van der Waals surface area contributed by atoms with Gasteiger partial charge in [-0.1, -0.05) is 31.5 Å². The Morgan fingerprint density at radius 3 is 2.22 bits per heavy atom. The van der Waals surface area contributed by atoms with E-state index in [-0.39, 0.29) is 48.9 Å². The molecule has 49 heavy (non-hydrogen) atoms. The third-order valence-electron chi connectivity index (χ3n) is 8.27. The average Bonchev–Trinajstić information content (AvgIpc) is 2.95. The lowest BCUT2D eigenvalue weighted by Gasteiger charge is -2.34. The van der Waals surface area contributed by atoms with Crippen molar-refractivity contribution in [2.75, 3.05) is 25.4 Å². The Morgan fingerprint density at radius 1 is 1.04 bits per heavy atom. The lowest BCUT2D eigenvalue weighted by molar-refractivity contribution is -0.139. The fourth-order valence-corrected chi connectivity index (χ4v) is 7.16. The number of carboxylic acid groups (broad SMARTS) is 1. The fourth-order valence-electron chi connectivity index (χ4n) is 6.09. The van der Waals surface area contributed by atoms with Gasteiger partial charge in [-0.25, -0.2) is 13.5 Å². The molecule has 14 heteroatoms. The monoisotopic (exact) mass is 708 g/mol. The molecule has 4 rings (SSSR count). The van der Waals surface area contributed by atoms with Crippen molar-refractivity contribution in [1.29, 1.82) is 0 Å². The first-order chi connectivity index (χ1) is 22.8. The highest BCUT2D eigenvalue weighted by atomic mass is 32.2. The zero-order valence-corrected chi connectivity index (χ0v) is 29.1. The van der Waals surface area contributed by atoms with Gasteiger partial charge in [-0.3, -0.25) is 19.3 Å². The Bertz CT molecular complexity index is 1750. The van der Waals surface area contributed by atoms with Crippen LogP contribution in [0.15, 0.2) is 35.1 Å². The Kier molecular flexibility index (Phi) is 12.0. The normalized spacial score (nSPS) is 15.3. The van der Waals surface area contributed by atoms with E-state index in [1.165, 1.54) is 13.0 Å². The lowest BCUT2D eigenvalue weighted by atomic mass is 9.89. The van der Waals surface area contributed by atoms with Crippen LogP contribution in [0.5, 0.6) is 0 Å². The van der Waals surface area contributed by atoms with Crippen molar-refractivity contribution in [2.45, 2.75) is 78.1 Å². The zero-order valence-electron chi connectivity index (χ0n) is 28.3. The summed E-state index contributed by atoms with van der Waals surface area (Å²) in [7, 11) is 0. The molecule has 3 aromatic rings. The van der Waals surface area contributed by atoms with Crippen LogP contribution in [0, 0.1) is 39.4 Å². The van der Waals surface area contributed by atoms with Crippen molar-refractivity contribution in [1.82, 2.24) is 20.0 Å². The van der Waals surface area contributed by atoms with E-state index in [1.807, 2.05) is 46.8 Å². The third-order valence-corrected chi connectivity index (χ3v) is 9.86. The molecule has 266 valence electrons. The summed E-state index contributed by atoms with van der Waals surface area (Å²) in [6.07, 6.45) is -6.96. The van der Waals surface area contributed by atoms with Gasteiger partial charge in [-0.05, 0) is 79.3 Å². The number of benzene rings is 2.